The third kappa shape index (κ3) is 4.60. The monoisotopic (exact) mass is 186 g/mol. The fourth-order valence-corrected chi connectivity index (χ4v) is 1.85. The van der Waals surface area contributed by atoms with E-state index in [1.54, 1.807) is 0 Å². The number of nitrogens with zero attached hydrogens (tertiary/aromatic N) is 2. The van der Waals surface area contributed by atoms with Crippen molar-refractivity contribution in [2.45, 2.75) is 19.3 Å². The summed E-state index contributed by atoms with van der Waals surface area (Å²) in [7, 11) is 2.07. The zero-order valence-electron chi connectivity index (χ0n) is 8.71. The number of hydrogen-bond acceptors (Lipinski definition) is 3. The minimum absolute atomic E-state index is 0.278. The van der Waals surface area contributed by atoms with Gasteiger partial charge in [0.05, 0.1) is 6.61 Å². The maximum Gasteiger partial charge on any atom is 0.0558 e. The van der Waals surface area contributed by atoms with Gasteiger partial charge in [0.25, 0.3) is 0 Å². The summed E-state index contributed by atoms with van der Waals surface area (Å²) in [5.41, 5.74) is 0. The normalized spacial score (nSPS) is 18.7. The fraction of sp³-hybridized carbons (Fsp3) is 1.00. The quantitative estimate of drug-likeness (QED) is 0.650. The van der Waals surface area contributed by atoms with E-state index in [4.69, 9.17) is 5.11 Å². The summed E-state index contributed by atoms with van der Waals surface area (Å²) in [4.78, 5) is 4.73. The van der Waals surface area contributed by atoms with E-state index >= 15 is 0 Å². The van der Waals surface area contributed by atoms with E-state index in [1.165, 1.54) is 38.9 Å². The van der Waals surface area contributed by atoms with Gasteiger partial charge in [-0.3, -0.25) is 0 Å². The Labute approximate surface area is 81.3 Å². The van der Waals surface area contributed by atoms with Gasteiger partial charge >= 0.3 is 0 Å². The Bertz CT molecular complexity index is 124. The predicted octanol–water partition coefficient (Wildman–Crippen LogP) is 0.396. The van der Waals surface area contributed by atoms with E-state index in [9.17, 15) is 0 Å². The predicted molar refractivity (Wildman–Crippen MR) is 54.9 cm³/mol. The fourth-order valence-electron chi connectivity index (χ4n) is 1.85. The Morgan fingerprint density at radius 2 is 1.92 bits per heavy atom. The molecule has 1 aliphatic heterocycles. The summed E-state index contributed by atoms with van der Waals surface area (Å²) in [6.07, 6.45) is 4.00. The first kappa shape index (κ1) is 11.0. The Morgan fingerprint density at radius 1 is 1.23 bits per heavy atom. The van der Waals surface area contributed by atoms with Gasteiger partial charge in [0.2, 0.25) is 0 Å². The van der Waals surface area contributed by atoms with Crippen LogP contribution in [0.25, 0.3) is 0 Å². The molecule has 1 saturated heterocycles. The van der Waals surface area contributed by atoms with E-state index in [2.05, 4.69) is 16.8 Å². The maximum atomic E-state index is 8.70. The first-order valence-electron chi connectivity index (χ1n) is 5.34. The highest BCUT2D eigenvalue weighted by molar-refractivity contribution is 4.66. The molecule has 1 rings (SSSR count). The number of rotatable bonds is 6. The molecule has 1 N–H and O–H groups in total. The lowest BCUT2D eigenvalue weighted by Gasteiger charge is -2.18. The molecule has 0 amide bonds. The molecule has 3 heteroatoms. The highest BCUT2D eigenvalue weighted by Gasteiger charge is 2.10. The molecular weight excluding hydrogens is 164 g/mol. The van der Waals surface area contributed by atoms with Gasteiger partial charge in [-0.1, -0.05) is 0 Å². The zero-order valence-corrected chi connectivity index (χ0v) is 8.71. The Hall–Kier alpha value is -0.120. The van der Waals surface area contributed by atoms with Crippen LogP contribution in [0.3, 0.4) is 0 Å². The average molecular weight is 186 g/mol. The topological polar surface area (TPSA) is 26.7 Å². The van der Waals surface area contributed by atoms with Gasteiger partial charge in [0.1, 0.15) is 0 Å². The molecule has 0 unspecified atom stereocenters. The lowest BCUT2D eigenvalue weighted by atomic mass is 10.3. The Kier molecular flexibility index (Phi) is 5.35. The van der Waals surface area contributed by atoms with Crippen LogP contribution < -0.4 is 0 Å². The molecule has 0 bridgehead atoms. The minimum Gasteiger partial charge on any atom is -0.395 e. The molecule has 0 radical (unpaired) electrons. The summed E-state index contributed by atoms with van der Waals surface area (Å²) in [5, 5.41) is 8.70. The molecule has 13 heavy (non-hydrogen) atoms. The van der Waals surface area contributed by atoms with E-state index in [0.717, 1.165) is 13.1 Å². The van der Waals surface area contributed by atoms with Gasteiger partial charge in [0, 0.05) is 6.54 Å². The summed E-state index contributed by atoms with van der Waals surface area (Å²) in [5.74, 6) is 0. The standard InChI is InChI=1S/C10H22N2O/c1-11(9-10-13)5-4-8-12-6-2-3-7-12/h13H,2-10H2,1H3. The van der Waals surface area contributed by atoms with Crippen LogP contribution in [0, 0.1) is 0 Å². The van der Waals surface area contributed by atoms with Crippen LogP contribution in [0.5, 0.6) is 0 Å². The van der Waals surface area contributed by atoms with Crippen LogP contribution >= 0.6 is 0 Å². The van der Waals surface area contributed by atoms with Gasteiger partial charge < -0.3 is 14.9 Å². The molecule has 1 aliphatic rings. The molecule has 0 aromatic heterocycles. The molecule has 0 aromatic carbocycles. The number of hydrogen-bond donors (Lipinski definition) is 1. The van der Waals surface area contributed by atoms with E-state index < -0.39 is 0 Å². The summed E-state index contributed by atoms with van der Waals surface area (Å²) >= 11 is 0. The third-order valence-corrected chi connectivity index (χ3v) is 2.69. The third-order valence-electron chi connectivity index (χ3n) is 2.69. The Morgan fingerprint density at radius 3 is 2.54 bits per heavy atom. The van der Waals surface area contributed by atoms with Crippen molar-refractivity contribution >= 4 is 0 Å². The van der Waals surface area contributed by atoms with E-state index in [0.29, 0.717) is 0 Å². The van der Waals surface area contributed by atoms with Crippen molar-refractivity contribution in [1.29, 1.82) is 0 Å². The molecule has 0 aliphatic carbocycles. The lowest BCUT2D eigenvalue weighted by Crippen LogP contribution is -2.27. The van der Waals surface area contributed by atoms with Crippen molar-refractivity contribution < 1.29 is 5.11 Å². The molecule has 1 heterocycles. The van der Waals surface area contributed by atoms with Crippen LogP contribution in [0.2, 0.25) is 0 Å². The molecule has 1 fully saturated rings. The van der Waals surface area contributed by atoms with Crippen LogP contribution in [0.15, 0.2) is 0 Å². The van der Waals surface area contributed by atoms with Crippen LogP contribution in [-0.2, 0) is 0 Å². The van der Waals surface area contributed by atoms with Crippen molar-refractivity contribution in [2.24, 2.45) is 0 Å². The van der Waals surface area contributed by atoms with Crippen molar-refractivity contribution in [3.63, 3.8) is 0 Å². The molecule has 3 nitrogen and oxygen atoms in total. The highest BCUT2D eigenvalue weighted by Crippen LogP contribution is 2.07. The number of aliphatic hydroxyl groups excluding tert-OH is 1. The SMILES string of the molecule is CN(CCO)CCCN1CCCC1. The Balaban J connectivity index is 1.93. The van der Waals surface area contributed by atoms with Crippen molar-refractivity contribution in [1.82, 2.24) is 9.80 Å². The van der Waals surface area contributed by atoms with E-state index in [1.807, 2.05) is 0 Å². The molecule has 0 spiro atoms. The van der Waals surface area contributed by atoms with E-state index in [-0.39, 0.29) is 6.61 Å². The van der Waals surface area contributed by atoms with Crippen LogP contribution in [0.4, 0.5) is 0 Å². The van der Waals surface area contributed by atoms with Crippen molar-refractivity contribution in [3.05, 3.63) is 0 Å². The molecular formula is C10H22N2O. The van der Waals surface area contributed by atoms with Crippen molar-refractivity contribution in [2.75, 3.05) is 46.4 Å². The molecule has 78 valence electrons. The lowest BCUT2D eigenvalue weighted by molar-refractivity contribution is 0.212. The summed E-state index contributed by atoms with van der Waals surface area (Å²) < 4.78 is 0. The van der Waals surface area contributed by atoms with Gasteiger partial charge in [-0.15, -0.1) is 0 Å². The van der Waals surface area contributed by atoms with Crippen LogP contribution in [0.1, 0.15) is 19.3 Å². The second-order valence-corrected chi connectivity index (χ2v) is 3.93. The maximum absolute atomic E-state index is 8.70. The first-order chi connectivity index (χ1) is 6.33. The second-order valence-electron chi connectivity index (χ2n) is 3.93. The number of aliphatic hydroxyl groups is 1. The van der Waals surface area contributed by atoms with Crippen molar-refractivity contribution in [3.8, 4) is 0 Å². The largest absolute Gasteiger partial charge is 0.395 e. The minimum atomic E-state index is 0.278. The average Bonchev–Trinajstić information content (AvgIpc) is 2.57. The zero-order chi connectivity index (χ0) is 9.52. The second kappa shape index (κ2) is 6.35. The van der Waals surface area contributed by atoms with Gasteiger partial charge in [-0.05, 0) is 52.5 Å². The summed E-state index contributed by atoms with van der Waals surface area (Å²) in [6, 6.07) is 0. The summed E-state index contributed by atoms with van der Waals surface area (Å²) in [6.45, 7) is 6.01. The van der Waals surface area contributed by atoms with Gasteiger partial charge in [-0.2, -0.15) is 0 Å². The first-order valence-corrected chi connectivity index (χ1v) is 5.34. The number of likely N-dealkylation sites (tertiary alicyclic amines) is 1. The van der Waals surface area contributed by atoms with Crippen LogP contribution in [-0.4, -0.2) is 61.3 Å². The smallest absolute Gasteiger partial charge is 0.0558 e. The van der Waals surface area contributed by atoms with Gasteiger partial charge in [-0.25, -0.2) is 0 Å². The number of likely N-dealkylation sites (N-methyl/N-ethyl adjacent to an activating group) is 1. The molecule has 0 aromatic rings. The molecule has 0 atom stereocenters. The van der Waals surface area contributed by atoms with Gasteiger partial charge in [0.15, 0.2) is 0 Å². The molecule has 0 saturated carbocycles. The highest BCUT2D eigenvalue weighted by atomic mass is 16.3.